The number of aromatic amines is 2. The topological polar surface area (TPSA) is 109 Å². The summed E-state index contributed by atoms with van der Waals surface area (Å²) >= 11 is 0. The summed E-state index contributed by atoms with van der Waals surface area (Å²) in [7, 11) is 0. The quantitative estimate of drug-likeness (QED) is 0.273. The van der Waals surface area contributed by atoms with E-state index in [0.717, 1.165) is 28.5 Å². The van der Waals surface area contributed by atoms with E-state index in [-0.39, 0.29) is 18.9 Å². The molecule has 3 N–H and O–H groups in total. The lowest BCUT2D eigenvalue weighted by Gasteiger charge is -2.17. The third-order valence-corrected chi connectivity index (χ3v) is 5.70. The summed E-state index contributed by atoms with van der Waals surface area (Å²) in [5, 5.41) is 4.00. The number of nitrogens with zero attached hydrogens (tertiary/aromatic N) is 1. The predicted octanol–water partition coefficient (Wildman–Crippen LogP) is 5.23. The second-order valence-electron chi connectivity index (χ2n) is 8.24. The van der Waals surface area contributed by atoms with Crippen molar-refractivity contribution in [2.45, 2.75) is 45.8 Å². The van der Waals surface area contributed by atoms with Gasteiger partial charge in [-0.1, -0.05) is 61.9 Å². The molecule has 0 unspecified atom stereocenters. The Morgan fingerprint density at radius 2 is 1.80 bits per heavy atom. The number of aryl methyl sites for hydroxylation is 1. The van der Waals surface area contributed by atoms with E-state index >= 15 is 0 Å². The monoisotopic (exact) mass is 474 g/mol. The number of benzene rings is 2. The van der Waals surface area contributed by atoms with Crippen LogP contribution in [0.2, 0.25) is 0 Å². The summed E-state index contributed by atoms with van der Waals surface area (Å²) in [6, 6.07) is 16.9. The van der Waals surface area contributed by atoms with Crippen molar-refractivity contribution < 1.29 is 19.1 Å². The van der Waals surface area contributed by atoms with Crippen LogP contribution >= 0.6 is 0 Å². The van der Waals surface area contributed by atoms with Gasteiger partial charge in [0.05, 0.1) is 12.6 Å². The molecule has 0 aliphatic rings. The third-order valence-electron chi connectivity index (χ3n) is 5.70. The number of hydrogen-bond donors (Lipinski definition) is 3. The van der Waals surface area contributed by atoms with Gasteiger partial charge in [-0.15, -0.1) is 0 Å². The highest BCUT2D eigenvalue weighted by molar-refractivity contribution is 5.88. The van der Waals surface area contributed by atoms with Crippen molar-refractivity contribution in [3.63, 3.8) is 0 Å². The van der Waals surface area contributed by atoms with Gasteiger partial charge < -0.3 is 24.8 Å². The summed E-state index contributed by atoms with van der Waals surface area (Å²) in [4.78, 5) is 36.4. The van der Waals surface area contributed by atoms with Crippen LogP contribution in [0.4, 0.5) is 4.79 Å². The summed E-state index contributed by atoms with van der Waals surface area (Å²) < 4.78 is 10.7. The number of aromatic nitrogens is 3. The Balaban J connectivity index is 1.61. The first-order chi connectivity index (χ1) is 17.1. The van der Waals surface area contributed by atoms with Crippen LogP contribution in [0.25, 0.3) is 10.9 Å². The highest BCUT2D eigenvalue weighted by Crippen LogP contribution is 2.25. The predicted molar refractivity (Wildman–Crippen MR) is 133 cm³/mol. The van der Waals surface area contributed by atoms with Gasteiger partial charge in [0, 0.05) is 29.2 Å². The van der Waals surface area contributed by atoms with Gasteiger partial charge in [-0.05, 0) is 30.5 Å². The van der Waals surface area contributed by atoms with Crippen LogP contribution in [-0.4, -0.2) is 33.6 Å². The smallest absolute Gasteiger partial charge is 0.408 e. The molecule has 2 aromatic carbocycles. The van der Waals surface area contributed by atoms with Crippen molar-refractivity contribution in [1.29, 1.82) is 0 Å². The maximum atomic E-state index is 12.8. The fourth-order valence-corrected chi connectivity index (χ4v) is 4.04. The SMILES string of the molecule is CCCc1[nH]c([C@@H](Cc2c[nH]c3ccccc23)NC(=O)OCc2ccccc2)nc1C(=O)OCC. The Morgan fingerprint density at radius 3 is 2.57 bits per heavy atom. The van der Waals surface area contributed by atoms with Crippen LogP contribution in [-0.2, 0) is 28.9 Å². The lowest BCUT2D eigenvalue weighted by Crippen LogP contribution is -2.31. The molecule has 2 heterocycles. The minimum atomic E-state index is -0.565. The molecule has 0 aliphatic heterocycles. The molecule has 0 spiro atoms. The summed E-state index contributed by atoms with van der Waals surface area (Å²) in [6.45, 7) is 4.20. The molecule has 35 heavy (non-hydrogen) atoms. The molecular weight excluding hydrogens is 444 g/mol. The number of imidazole rings is 1. The molecule has 0 saturated heterocycles. The number of alkyl carbamates (subject to hydrolysis) is 1. The molecule has 2 aromatic heterocycles. The minimum Gasteiger partial charge on any atom is -0.461 e. The van der Waals surface area contributed by atoms with Gasteiger partial charge in [0.2, 0.25) is 0 Å². The van der Waals surface area contributed by atoms with E-state index in [0.29, 0.717) is 24.4 Å². The van der Waals surface area contributed by atoms with Gasteiger partial charge in [-0.3, -0.25) is 0 Å². The first-order valence-electron chi connectivity index (χ1n) is 11.9. The van der Waals surface area contributed by atoms with Gasteiger partial charge >= 0.3 is 12.1 Å². The van der Waals surface area contributed by atoms with Crippen LogP contribution in [0.15, 0.2) is 60.8 Å². The lowest BCUT2D eigenvalue weighted by atomic mass is 10.0. The Labute approximate surface area is 204 Å². The van der Waals surface area contributed by atoms with Crippen molar-refractivity contribution in [2.75, 3.05) is 6.61 Å². The zero-order valence-electron chi connectivity index (χ0n) is 20.0. The summed E-state index contributed by atoms with van der Waals surface area (Å²) in [6.07, 6.45) is 3.28. The van der Waals surface area contributed by atoms with E-state index in [9.17, 15) is 9.59 Å². The second kappa shape index (κ2) is 11.4. The largest absolute Gasteiger partial charge is 0.461 e. The fourth-order valence-electron chi connectivity index (χ4n) is 4.04. The molecule has 0 bridgehead atoms. The standard InChI is InChI=1S/C27H30N4O4/c1-3-10-22-24(26(32)34-4-2)31-25(29-22)23(15-19-16-28-21-14-9-8-13-20(19)21)30-27(33)35-17-18-11-6-5-7-12-18/h5-9,11-14,16,23,28H,3-4,10,15,17H2,1-2H3,(H,29,31)(H,30,33)/t23-/m1/s1. The highest BCUT2D eigenvalue weighted by atomic mass is 16.5. The maximum Gasteiger partial charge on any atom is 0.408 e. The maximum absolute atomic E-state index is 12.8. The van der Waals surface area contributed by atoms with Crippen LogP contribution in [0, 0.1) is 0 Å². The second-order valence-corrected chi connectivity index (χ2v) is 8.24. The molecular formula is C27H30N4O4. The number of H-pyrrole nitrogens is 2. The lowest BCUT2D eigenvalue weighted by molar-refractivity contribution is 0.0518. The van der Waals surface area contributed by atoms with Crippen LogP contribution < -0.4 is 5.32 Å². The van der Waals surface area contributed by atoms with E-state index < -0.39 is 18.1 Å². The average Bonchev–Trinajstić information content (AvgIpc) is 3.48. The van der Waals surface area contributed by atoms with Crippen LogP contribution in [0.1, 0.15) is 59.4 Å². The van der Waals surface area contributed by atoms with E-state index in [1.54, 1.807) is 6.92 Å². The Morgan fingerprint density at radius 1 is 1.03 bits per heavy atom. The van der Waals surface area contributed by atoms with Crippen LogP contribution in [0.3, 0.4) is 0 Å². The Bertz CT molecular complexity index is 1280. The number of nitrogens with one attached hydrogen (secondary N) is 3. The minimum absolute atomic E-state index is 0.153. The zero-order valence-corrected chi connectivity index (χ0v) is 20.0. The highest BCUT2D eigenvalue weighted by Gasteiger charge is 2.25. The average molecular weight is 475 g/mol. The summed E-state index contributed by atoms with van der Waals surface area (Å²) in [5.41, 5.74) is 3.87. The molecule has 1 atom stereocenters. The first-order valence-corrected chi connectivity index (χ1v) is 11.9. The number of rotatable bonds is 10. The van der Waals surface area contributed by atoms with Gasteiger partial charge in [0.15, 0.2) is 5.69 Å². The van der Waals surface area contributed by atoms with Crippen molar-refractivity contribution >= 4 is 23.0 Å². The van der Waals surface area contributed by atoms with E-state index in [1.807, 2.05) is 67.7 Å². The van der Waals surface area contributed by atoms with E-state index in [2.05, 4.69) is 20.3 Å². The number of fused-ring (bicyclic) bond motifs is 1. The molecule has 8 nitrogen and oxygen atoms in total. The van der Waals surface area contributed by atoms with Crippen LogP contribution in [0.5, 0.6) is 0 Å². The molecule has 0 fully saturated rings. The number of para-hydroxylation sites is 1. The van der Waals surface area contributed by atoms with Crippen molar-refractivity contribution in [3.05, 3.63) is 89.1 Å². The number of hydrogen-bond acceptors (Lipinski definition) is 5. The zero-order chi connectivity index (χ0) is 24.6. The molecule has 182 valence electrons. The van der Waals surface area contributed by atoms with Gasteiger partial charge in [0.1, 0.15) is 12.4 Å². The molecule has 8 heteroatoms. The van der Waals surface area contributed by atoms with Gasteiger partial charge in [0.25, 0.3) is 0 Å². The number of ether oxygens (including phenoxy) is 2. The number of amides is 1. The molecule has 4 aromatic rings. The molecule has 0 radical (unpaired) electrons. The fraction of sp³-hybridized carbons (Fsp3) is 0.296. The molecule has 4 rings (SSSR count). The third kappa shape index (κ3) is 5.90. The molecule has 0 aliphatic carbocycles. The molecule has 0 saturated carbocycles. The number of carbonyl (C=O) groups excluding carboxylic acids is 2. The number of carbonyl (C=O) groups is 2. The van der Waals surface area contributed by atoms with Crippen molar-refractivity contribution in [2.24, 2.45) is 0 Å². The van der Waals surface area contributed by atoms with Crippen molar-refractivity contribution in [3.8, 4) is 0 Å². The Hall–Kier alpha value is -4.07. The summed E-state index contributed by atoms with van der Waals surface area (Å²) in [5.74, 6) is 0.00870. The van der Waals surface area contributed by atoms with E-state index in [4.69, 9.17) is 9.47 Å². The van der Waals surface area contributed by atoms with Gasteiger partial charge in [-0.25, -0.2) is 14.6 Å². The Kier molecular flexibility index (Phi) is 7.82. The molecule has 1 amide bonds. The normalized spacial score (nSPS) is 11.8. The number of esters is 1. The van der Waals surface area contributed by atoms with E-state index in [1.165, 1.54) is 0 Å². The van der Waals surface area contributed by atoms with Crippen molar-refractivity contribution in [1.82, 2.24) is 20.3 Å². The first kappa shape index (κ1) is 24.1. The van der Waals surface area contributed by atoms with Gasteiger partial charge in [-0.2, -0.15) is 0 Å².